The van der Waals surface area contributed by atoms with Crippen LogP contribution in [0.3, 0.4) is 0 Å². The van der Waals surface area contributed by atoms with Crippen LogP contribution in [0.15, 0.2) is 23.2 Å². The minimum atomic E-state index is -0.407. The summed E-state index contributed by atoms with van der Waals surface area (Å²) in [5, 5.41) is 6.30. The van der Waals surface area contributed by atoms with Crippen LogP contribution in [0.25, 0.3) is 0 Å². The van der Waals surface area contributed by atoms with Crippen LogP contribution in [0.2, 0.25) is 0 Å². The van der Waals surface area contributed by atoms with E-state index >= 15 is 0 Å². The Balaban J connectivity index is 0.00000220. The number of hydrogen-bond acceptors (Lipinski definition) is 1. The first-order chi connectivity index (χ1) is 9.69. The molecule has 0 unspecified atom stereocenters. The number of hydrogen-bond donors (Lipinski definition) is 2. The third-order valence-corrected chi connectivity index (χ3v) is 3.24. The minimum absolute atomic E-state index is 0. The molecule has 0 heterocycles. The SMILES string of the molecule is CCNC(=NCC1CC1)NCCc1cc(F)ccc1F.I. The zero-order valence-electron chi connectivity index (χ0n) is 12.2. The van der Waals surface area contributed by atoms with Crippen molar-refractivity contribution in [3.8, 4) is 0 Å². The molecule has 0 aliphatic heterocycles. The summed E-state index contributed by atoms with van der Waals surface area (Å²) in [6.45, 7) is 4.14. The number of halogens is 3. The molecule has 1 aliphatic rings. The van der Waals surface area contributed by atoms with E-state index in [0.29, 0.717) is 18.5 Å². The lowest BCUT2D eigenvalue weighted by atomic mass is 10.1. The van der Waals surface area contributed by atoms with Crippen LogP contribution in [-0.2, 0) is 6.42 Å². The summed E-state index contributed by atoms with van der Waals surface area (Å²) in [6.07, 6.45) is 2.95. The van der Waals surface area contributed by atoms with E-state index in [-0.39, 0.29) is 29.8 Å². The van der Waals surface area contributed by atoms with Crippen molar-refractivity contribution in [3.05, 3.63) is 35.4 Å². The Labute approximate surface area is 141 Å². The Kier molecular flexibility index (Phi) is 7.92. The summed E-state index contributed by atoms with van der Waals surface area (Å²) in [5.41, 5.74) is 0.385. The molecule has 1 fully saturated rings. The van der Waals surface area contributed by atoms with E-state index in [4.69, 9.17) is 0 Å². The predicted octanol–water partition coefficient (Wildman–Crippen LogP) is 3.09. The lowest BCUT2D eigenvalue weighted by Crippen LogP contribution is -2.38. The topological polar surface area (TPSA) is 36.4 Å². The van der Waals surface area contributed by atoms with Gasteiger partial charge in [-0.05, 0) is 55.9 Å². The molecule has 0 saturated heterocycles. The van der Waals surface area contributed by atoms with Crippen molar-refractivity contribution in [2.75, 3.05) is 19.6 Å². The van der Waals surface area contributed by atoms with E-state index in [1.54, 1.807) is 0 Å². The normalized spacial score (nSPS) is 14.5. The number of rotatable bonds is 6. The molecular formula is C15H22F2IN3. The summed E-state index contributed by atoms with van der Waals surface area (Å²) in [7, 11) is 0. The van der Waals surface area contributed by atoms with Gasteiger partial charge < -0.3 is 10.6 Å². The third kappa shape index (κ3) is 6.58. The number of aliphatic imine (C=N–C) groups is 1. The van der Waals surface area contributed by atoms with Crippen LogP contribution >= 0.6 is 24.0 Å². The molecule has 0 atom stereocenters. The minimum Gasteiger partial charge on any atom is -0.357 e. The Hall–Kier alpha value is -0.920. The van der Waals surface area contributed by atoms with Gasteiger partial charge in [0, 0.05) is 19.6 Å². The average molecular weight is 409 g/mol. The fourth-order valence-electron chi connectivity index (χ4n) is 1.91. The standard InChI is InChI=1S/C15H21F2N3.HI/c1-2-18-15(20-10-11-3-4-11)19-8-7-12-9-13(16)5-6-14(12)17;/h5-6,9,11H,2-4,7-8,10H2,1H3,(H2,18,19,20);1H. The van der Waals surface area contributed by atoms with Gasteiger partial charge in [-0.15, -0.1) is 24.0 Å². The first-order valence-electron chi connectivity index (χ1n) is 7.15. The number of nitrogens with zero attached hydrogens (tertiary/aromatic N) is 1. The molecule has 1 saturated carbocycles. The molecular weight excluding hydrogens is 387 g/mol. The van der Waals surface area contributed by atoms with E-state index < -0.39 is 5.82 Å². The van der Waals surface area contributed by atoms with Crippen molar-refractivity contribution < 1.29 is 8.78 Å². The molecule has 118 valence electrons. The monoisotopic (exact) mass is 409 g/mol. The van der Waals surface area contributed by atoms with Crippen molar-refractivity contribution in [1.82, 2.24) is 10.6 Å². The van der Waals surface area contributed by atoms with Crippen LogP contribution in [0.4, 0.5) is 8.78 Å². The van der Waals surface area contributed by atoms with Gasteiger partial charge in [-0.3, -0.25) is 4.99 Å². The fourth-order valence-corrected chi connectivity index (χ4v) is 1.91. The average Bonchev–Trinajstić information content (AvgIpc) is 3.24. The number of guanidine groups is 1. The van der Waals surface area contributed by atoms with E-state index in [1.165, 1.54) is 18.9 Å². The van der Waals surface area contributed by atoms with Gasteiger partial charge in [-0.1, -0.05) is 0 Å². The number of nitrogens with one attached hydrogen (secondary N) is 2. The summed E-state index contributed by atoms with van der Waals surface area (Å²) in [4.78, 5) is 4.47. The molecule has 2 N–H and O–H groups in total. The Bertz CT molecular complexity index is 476. The molecule has 21 heavy (non-hydrogen) atoms. The smallest absolute Gasteiger partial charge is 0.191 e. The summed E-state index contributed by atoms with van der Waals surface area (Å²) in [5.74, 6) is 0.700. The van der Waals surface area contributed by atoms with Crippen LogP contribution in [0, 0.1) is 17.6 Å². The van der Waals surface area contributed by atoms with Gasteiger partial charge in [-0.2, -0.15) is 0 Å². The van der Waals surface area contributed by atoms with Crippen molar-refractivity contribution in [2.24, 2.45) is 10.9 Å². The van der Waals surface area contributed by atoms with Gasteiger partial charge in [0.2, 0.25) is 0 Å². The lowest BCUT2D eigenvalue weighted by Gasteiger charge is -2.11. The van der Waals surface area contributed by atoms with E-state index in [2.05, 4.69) is 15.6 Å². The highest BCUT2D eigenvalue weighted by molar-refractivity contribution is 14.0. The third-order valence-electron chi connectivity index (χ3n) is 3.24. The molecule has 3 nitrogen and oxygen atoms in total. The van der Waals surface area contributed by atoms with Crippen molar-refractivity contribution >= 4 is 29.9 Å². The van der Waals surface area contributed by atoms with E-state index in [0.717, 1.165) is 37.1 Å². The first-order valence-corrected chi connectivity index (χ1v) is 7.15. The molecule has 0 radical (unpaired) electrons. The summed E-state index contributed by atoms with van der Waals surface area (Å²) in [6, 6.07) is 3.54. The van der Waals surface area contributed by atoms with Crippen molar-refractivity contribution in [1.29, 1.82) is 0 Å². The van der Waals surface area contributed by atoms with Gasteiger partial charge >= 0.3 is 0 Å². The van der Waals surface area contributed by atoms with Gasteiger partial charge in [0.05, 0.1) is 0 Å². The second-order valence-corrected chi connectivity index (χ2v) is 5.08. The van der Waals surface area contributed by atoms with Crippen LogP contribution in [0.5, 0.6) is 0 Å². The van der Waals surface area contributed by atoms with Crippen molar-refractivity contribution in [3.63, 3.8) is 0 Å². The zero-order chi connectivity index (χ0) is 14.4. The Morgan fingerprint density at radius 1 is 1.29 bits per heavy atom. The van der Waals surface area contributed by atoms with Gasteiger partial charge in [-0.25, -0.2) is 8.78 Å². The molecule has 0 bridgehead atoms. The summed E-state index contributed by atoms with van der Waals surface area (Å²) < 4.78 is 26.5. The molecule has 1 aliphatic carbocycles. The molecule has 6 heteroatoms. The van der Waals surface area contributed by atoms with Crippen LogP contribution in [-0.4, -0.2) is 25.6 Å². The highest BCUT2D eigenvalue weighted by Gasteiger charge is 2.20. The second kappa shape index (κ2) is 9.17. The highest BCUT2D eigenvalue weighted by atomic mass is 127. The van der Waals surface area contributed by atoms with E-state index in [1.807, 2.05) is 6.92 Å². The van der Waals surface area contributed by atoms with Crippen molar-refractivity contribution in [2.45, 2.75) is 26.2 Å². The Morgan fingerprint density at radius 2 is 2.05 bits per heavy atom. The molecule has 0 amide bonds. The molecule has 0 spiro atoms. The predicted molar refractivity (Wildman–Crippen MR) is 92.2 cm³/mol. The largest absolute Gasteiger partial charge is 0.357 e. The fraction of sp³-hybridized carbons (Fsp3) is 0.533. The number of benzene rings is 1. The highest BCUT2D eigenvalue weighted by Crippen LogP contribution is 2.28. The lowest BCUT2D eigenvalue weighted by molar-refractivity contribution is 0.583. The van der Waals surface area contributed by atoms with Gasteiger partial charge in [0.25, 0.3) is 0 Å². The zero-order valence-corrected chi connectivity index (χ0v) is 14.5. The maximum Gasteiger partial charge on any atom is 0.191 e. The molecule has 1 aromatic rings. The Morgan fingerprint density at radius 3 is 2.71 bits per heavy atom. The molecule has 2 rings (SSSR count). The quantitative estimate of drug-likeness (QED) is 0.431. The summed E-state index contributed by atoms with van der Waals surface area (Å²) >= 11 is 0. The molecule has 0 aromatic heterocycles. The van der Waals surface area contributed by atoms with Crippen LogP contribution < -0.4 is 10.6 Å². The van der Waals surface area contributed by atoms with Crippen LogP contribution in [0.1, 0.15) is 25.3 Å². The first kappa shape index (κ1) is 18.1. The van der Waals surface area contributed by atoms with E-state index in [9.17, 15) is 8.78 Å². The maximum atomic E-state index is 13.5. The maximum absolute atomic E-state index is 13.5. The van der Waals surface area contributed by atoms with Gasteiger partial charge in [0.1, 0.15) is 11.6 Å². The second-order valence-electron chi connectivity index (χ2n) is 5.08. The molecule has 1 aromatic carbocycles. The van der Waals surface area contributed by atoms with Gasteiger partial charge in [0.15, 0.2) is 5.96 Å².